The molecule has 4 aliphatic rings. The molecule has 2 heteroatoms. The second-order valence-corrected chi connectivity index (χ2v) is 11.8. The number of benzene rings is 2. The Balaban J connectivity index is 1.39. The molecule has 8 rings (SSSR count). The lowest BCUT2D eigenvalue weighted by atomic mass is 9.48. The van der Waals surface area contributed by atoms with E-state index in [0.29, 0.717) is 5.41 Å². The summed E-state index contributed by atoms with van der Waals surface area (Å²) >= 11 is 1.84. The third kappa shape index (κ3) is 2.70. The van der Waals surface area contributed by atoms with E-state index in [1.807, 2.05) is 11.3 Å². The SMILES string of the molecule is Cc1cc2ccsc2cc1-c1c2ccc(C34CC5CC(CC(C5)C3)C4)cc2cc[n+]1C. The van der Waals surface area contributed by atoms with Crippen LogP contribution >= 0.6 is 11.3 Å². The molecule has 2 heterocycles. The van der Waals surface area contributed by atoms with Crippen LogP contribution in [-0.2, 0) is 12.5 Å². The molecule has 31 heavy (non-hydrogen) atoms. The Morgan fingerprint density at radius 1 is 0.871 bits per heavy atom. The van der Waals surface area contributed by atoms with Crippen molar-refractivity contribution in [3.05, 3.63) is 65.2 Å². The second kappa shape index (κ2) is 6.42. The van der Waals surface area contributed by atoms with Gasteiger partial charge in [0.25, 0.3) is 0 Å². The monoisotopic (exact) mass is 424 g/mol. The molecule has 0 radical (unpaired) electrons. The lowest BCUT2D eigenvalue weighted by molar-refractivity contribution is -0.659. The van der Waals surface area contributed by atoms with Gasteiger partial charge in [0.2, 0.25) is 5.69 Å². The van der Waals surface area contributed by atoms with E-state index in [4.69, 9.17) is 0 Å². The van der Waals surface area contributed by atoms with Crippen molar-refractivity contribution >= 4 is 32.2 Å². The van der Waals surface area contributed by atoms with Crippen LogP contribution in [0.5, 0.6) is 0 Å². The summed E-state index contributed by atoms with van der Waals surface area (Å²) in [5.41, 5.74) is 6.17. The van der Waals surface area contributed by atoms with Gasteiger partial charge in [-0.3, -0.25) is 0 Å². The number of hydrogen-bond acceptors (Lipinski definition) is 1. The summed E-state index contributed by atoms with van der Waals surface area (Å²) in [5, 5.41) is 6.36. The van der Waals surface area contributed by atoms with Gasteiger partial charge in [0.15, 0.2) is 6.20 Å². The van der Waals surface area contributed by atoms with Crippen molar-refractivity contribution in [3.63, 3.8) is 0 Å². The Hall–Kier alpha value is -2.19. The fourth-order valence-corrected chi connectivity index (χ4v) is 8.69. The topological polar surface area (TPSA) is 3.88 Å². The first-order chi connectivity index (χ1) is 15.1. The van der Waals surface area contributed by atoms with E-state index in [2.05, 4.69) is 72.6 Å². The predicted octanol–water partition coefficient (Wildman–Crippen LogP) is 7.32. The normalized spacial score (nSPS) is 29.3. The molecule has 4 aliphatic carbocycles. The van der Waals surface area contributed by atoms with Gasteiger partial charge in [-0.05, 0) is 120 Å². The van der Waals surface area contributed by atoms with E-state index in [1.165, 1.54) is 76.2 Å². The van der Waals surface area contributed by atoms with Crippen LogP contribution in [0.3, 0.4) is 0 Å². The highest BCUT2D eigenvalue weighted by molar-refractivity contribution is 7.17. The second-order valence-electron chi connectivity index (χ2n) is 10.9. The summed E-state index contributed by atoms with van der Waals surface area (Å²) in [6, 6.07) is 16.8. The molecule has 2 aromatic heterocycles. The van der Waals surface area contributed by atoms with Gasteiger partial charge in [-0.1, -0.05) is 12.1 Å². The smallest absolute Gasteiger partial charge is 0.200 e. The molecule has 0 unspecified atom stereocenters. The maximum atomic E-state index is 2.56. The highest BCUT2D eigenvalue weighted by Gasteiger charge is 2.51. The largest absolute Gasteiger partial charge is 0.220 e. The van der Waals surface area contributed by atoms with Gasteiger partial charge in [0.1, 0.15) is 7.05 Å². The van der Waals surface area contributed by atoms with Crippen molar-refractivity contribution < 1.29 is 4.57 Å². The molecule has 156 valence electrons. The van der Waals surface area contributed by atoms with Crippen molar-refractivity contribution in [3.8, 4) is 11.3 Å². The molecule has 4 fully saturated rings. The highest BCUT2D eigenvalue weighted by atomic mass is 32.1. The molecular formula is C29H30NS+. The Bertz CT molecular complexity index is 1310. The van der Waals surface area contributed by atoms with Gasteiger partial charge in [-0.2, -0.15) is 0 Å². The summed E-state index contributed by atoms with van der Waals surface area (Å²) in [6.07, 6.45) is 11.1. The summed E-state index contributed by atoms with van der Waals surface area (Å²) < 4.78 is 3.69. The molecule has 0 spiro atoms. The van der Waals surface area contributed by atoms with Crippen molar-refractivity contribution in [1.29, 1.82) is 0 Å². The van der Waals surface area contributed by atoms with Crippen LogP contribution < -0.4 is 4.57 Å². The Morgan fingerprint density at radius 3 is 2.35 bits per heavy atom. The lowest BCUT2D eigenvalue weighted by Crippen LogP contribution is -2.48. The number of pyridine rings is 1. The minimum absolute atomic E-state index is 0.465. The maximum absolute atomic E-state index is 2.56. The van der Waals surface area contributed by atoms with E-state index in [-0.39, 0.29) is 0 Å². The standard InChI is InChI=1S/C29H30NS/c1-18-9-23-6-8-31-27(23)14-26(18)28-25-4-3-24(13-22(25)5-7-30(28)2)29-15-19-10-20(16-29)12-21(11-19)17-29/h3-9,13-14,19-21H,10-12,15-17H2,1-2H3/q+1. The first-order valence-electron chi connectivity index (χ1n) is 12.0. The summed E-state index contributed by atoms with van der Waals surface area (Å²) in [5.74, 6) is 2.98. The molecule has 0 N–H and O–H groups in total. The zero-order valence-electron chi connectivity index (χ0n) is 18.5. The average molecular weight is 425 g/mol. The highest BCUT2D eigenvalue weighted by Crippen LogP contribution is 2.60. The average Bonchev–Trinajstić information content (AvgIpc) is 3.19. The van der Waals surface area contributed by atoms with Crippen molar-refractivity contribution in [2.75, 3.05) is 0 Å². The molecule has 4 aromatic rings. The maximum Gasteiger partial charge on any atom is 0.220 e. The number of thiophene rings is 1. The fraction of sp³-hybridized carbons (Fsp3) is 0.414. The number of aryl methyl sites for hydroxylation is 2. The number of rotatable bonds is 2. The molecule has 0 atom stereocenters. The first-order valence-corrected chi connectivity index (χ1v) is 12.9. The minimum atomic E-state index is 0.465. The van der Waals surface area contributed by atoms with Gasteiger partial charge in [0, 0.05) is 10.8 Å². The molecule has 2 aromatic carbocycles. The number of nitrogens with zero attached hydrogens (tertiary/aromatic N) is 1. The molecular weight excluding hydrogens is 394 g/mol. The van der Waals surface area contributed by atoms with Gasteiger partial charge >= 0.3 is 0 Å². The van der Waals surface area contributed by atoms with Gasteiger partial charge in [0.05, 0.1) is 10.9 Å². The summed E-state index contributed by atoms with van der Waals surface area (Å²) in [4.78, 5) is 0. The quantitative estimate of drug-likeness (QED) is 0.297. The van der Waals surface area contributed by atoms with E-state index in [1.54, 1.807) is 5.56 Å². The first kappa shape index (κ1) is 18.4. The molecule has 1 nitrogen and oxygen atoms in total. The van der Waals surface area contributed by atoms with Crippen molar-refractivity contribution in [2.24, 2.45) is 24.8 Å². The van der Waals surface area contributed by atoms with E-state index >= 15 is 0 Å². The van der Waals surface area contributed by atoms with E-state index in [9.17, 15) is 0 Å². The number of fused-ring (bicyclic) bond motifs is 2. The lowest BCUT2D eigenvalue weighted by Gasteiger charge is -2.57. The van der Waals surface area contributed by atoms with Gasteiger partial charge in [-0.25, -0.2) is 4.57 Å². The zero-order chi connectivity index (χ0) is 20.7. The Labute approximate surface area is 188 Å². The van der Waals surface area contributed by atoms with Crippen LogP contribution in [0, 0.1) is 24.7 Å². The van der Waals surface area contributed by atoms with E-state index in [0.717, 1.165) is 17.8 Å². The molecule has 0 amide bonds. The minimum Gasteiger partial charge on any atom is -0.200 e. The van der Waals surface area contributed by atoms with Crippen LogP contribution in [0.1, 0.15) is 49.7 Å². The van der Waals surface area contributed by atoms with Gasteiger partial charge in [-0.15, -0.1) is 11.3 Å². The fourth-order valence-electron chi connectivity index (χ4n) is 7.88. The van der Waals surface area contributed by atoms with Crippen LogP contribution in [0.2, 0.25) is 0 Å². The molecule has 4 saturated carbocycles. The summed E-state index contributed by atoms with van der Waals surface area (Å²) in [7, 11) is 2.19. The van der Waals surface area contributed by atoms with Crippen molar-refractivity contribution in [1.82, 2.24) is 0 Å². The molecule has 0 aliphatic heterocycles. The van der Waals surface area contributed by atoms with E-state index < -0.39 is 0 Å². The van der Waals surface area contributed by atoms with Crippen LogP contribution in [0.4, 0.5) is 0 Å². The number of hydrogen-bond donors (Lipinski definition) is 0. The third-order valence-corrected chi connectivity index (χ3v) is 9.72. The van der Waals surface area contributed by atoms with Crippen molar-refractivity contribution in [2.45, 2.75) is 50.9 Å². The van der Waals surface area contributed by atoms with Gasteiger partial charge < -0.3 is 0 Å². The molecule has 4 bridgehead atoms. The summed E-state index contributed by atoms with van der Waals surface area (Å²) in [6.45, 7) is 2.26. The number of aromatic nitrogens is 1. The van der Waals surface area contributed by atoms with Crippen LogP contribution in [0.15, 0.2) is 54.0 Å². The molecule has 0 saturated heterocycles. The van der Waals surface area contributed by atoms with Crippen LogP contribution in [0.25, 0.3) is 32.1 Å². The Kier molecular flexibility index (Phi) is 3.81. The third-order valence-electron chi connectivity index (χ3n) is 8.84. The predicted molar refractivity (Wildman–Crippen MR) is 131 cm³/mol. The zero-order valence-corrected chi connectivity index (χ0v) is 19.3. The van der Waals surface area contributed by atoms with Crippen LogP contribution in [-0.4, -0.2) is 0 Å². The Morgan fingerprint density at radius 2 is 1.61 bits per heavy atom.